The van der Waals surface area contributed by atoms with Crippen molar-refractivity contribution in [3.8, 4) is 11.5 Å². The predicted molar refractivity (Wildman–Crippen MR) is 88.0 cm³/mol. The topological polar surface area (TPSA) is 30.5 Å². The van der Waals surface area contributed by atoms with E-state index in [9.17, 15) is 0 Å². The van der Waals surface area contributed by atoms with Crippen LogP contribution in [0.3, 0.4) is 0 Å². The van der Waals surface area contributed by atoms with Gasteiger partial charge in [0.15, 0.2) is 11.5 Å². The summed E-state index contributed by atoms with van der Waals surface area (Å²) in [6, 6.07) is 4.84. The lowest BCUT2D eigenvalue weighted by molar-refractivity contribution is 0.296. The molecular weight excluding hydrogens is 330 g/mol. The van der Waals surface area contributed by atoms with Crippen molar-refractivity contribution in [2.45, 2.75) is 51.6 Å². The predicted octanol–water partition coefficient (Wildman–Crippen LogP) is 4.28. The number of ether oxygens (including phenoxy) is 2. The maximum Gasteiger partial charge on any atom is 0.175 e. The summed E-state index contributed by atoms with van der Waals surface area (Å²) in [7, 11) is 0. The minimum absolute atomic E-state index is 0.585. The Morgan fingerprint density at radius 2 is 1.95 bits per heavy atom. The summed E-state index contributed by atoms with van der Waals surface area (Å²) in [5.41, 5.74) is 1.25. The van der Waals surface area contributed by atoms with Crippen molar-refractivity contribution >= 4 is 15.9 Å². The fourth-order valence-electron chi connectivity index (χ4n) is 3.29. The van der Waals surface area contributed by atoms with Gasteiger partial charge < -0.3 is 14.8 Å². The Morgan fingerprint density at radius 3 is 2.76 bits per heavy atom. The van der Waals surface area contributed by atoms with Gasteiger partial charge in [-0.1, -0.05) is 12.8 Å². The molecule has 1 aromatic rings. The van der Waals surface area contributed by atoms with Crippen molar-refractivity contribution in [3.63, 3.8) is 0 Å². The average Bonchev–Trinajstić information content (AvgIpc) is 2.91. The van der Waals surface area contributed by atoms with Crippen LogP contribution in [0.5, 0.6) is 11.5 Å². The highest BCUT2D eigenvalue weighted by Crippen LogP contribution is 2.38. The molecule has 0 radical (unpaired) electrons. The number of hydrogen-bond donors (Lipinski definition) is 1. The van der Waals surface area contributed by atoms with Crippen molar-refractivity contribution in [1.29, 1.82) is 0 Å². The first-order valence-corrected chi connectivity index (χ1v) is 8.85. The van der Waals surface area contributed by atoms with Crippen LogP contribution in [0.4, 0.5) is 0 Å². The fourth-order valence-corrected chi connectivity index (χ4v) is 3.89. The van der Waals surface area contributed by atoms with E-state index in [4.69, 9.17) is 9.47 Å². The summed E-state index contributed by atoms with van der Waals surface area (Å²) in [6.45, 7) is 4.65. The Bertz CT molecular complexity index is 486. The molecule has 0 aromatic heterocycles. The highest BCUT2D eigenvalue weighted by molar-refractivity contribution is 9.10. The Labute approximate surface area is 135 Å². The SMILES string of the molecule is C[C@H](NCc1cc(Br)c2c(c1)OCCCO2)C1CCCC1. The van der Waals surface area contributed by atoms with Crippen LogP contribution in [0.1, 0.15) is 44.6 Å². The lowest BCUT2D eigenvalue weighted by Crippen LogP contribution is -2.31. The van der Waals surface area contributed by atoms with E-state index in [1.54, 1.807) is 0 Å². The number of rotatable bonds is 4. The Kier molecular flexibility index (Phi) is 5.07. The molecule has 0 spiro atoms. The quantitative estimate of drug-likeness (QED) is 0.876. The Morgan fingerprint density at radius 1 is 1.19 bits per heavy atom. The van der Waals surface area contributed by atoms with Gasteiger partial charge in [-0.3, -0.25) is 0 Å². The Hall–Kier alpha value is -0.740. The molecule has 1 aromatic carbocycles. The van der Waals surface area contributed by atoms with Gasteiger partial charge >= 0.3 is 0 Å². The highest BCUT2D eigenvalue weighted by atomic mass is 79.9. The zero-order valence-corrected chi connectivity index (χ0v) is 14.2. The Balaban J connectivity index is 1.65. The van der Waals surface area contributed by atoms with E-state index >= 15 is 0 Å². The highest BCUT2D eigenvalue weighted by Gasteiger charge is 2.21. The molecule has 0 saturated heterocycles. The number of fused-ring (bicyclic) bond motifs is 1. The normalized spacial score (nSPS) is 20.3. The third-order valence-electron chi connectivity index (χ3n) is 4.60. The maximum absolute atomic E-state index is 5.79. The first-order valence-electron chi connectivity index (χ1n) is 8.05. The summed E-state index contributed by atoms with van der Waals surface area (Å²) < 4.78 is 12.5. The second-order valence-electron chi connectivity index (χ2n) is 6.17. The van der Waals surface area contributed by atoms with Crippen molar-refractivity contribution in [3.05, 3.63) is 22.2 Å². The van der Waals surface area contributed by atoms with Crippen LogP contribution in [0.2, 0.25) is 0 Å². The first-order chi connectivity index (χ1) is 10.2. The van der Waals surface area contributed by atoms with E-state index in [2.05, 4.69) is 40.3 Å². The average molecular weight is 354 g/mol. The molecule has 1 N–H and O–H groups in total. The number of halogens is 1. The molecule has 1 aliphatic carbocycles. The zero-order valence-electron chi connectivity index (χ0n) is 12.7. The van der Waals surface area contributed by atoms with Gasteiger partial charge in [0, 0.05) is 19.0 Å². The van der Waals surface area contributed by atoms with E-state index in [1.807, 2.05) is 0 Å². The molecular formula is C17H24BrNO2. The second-order valence-corrected chi connectivity index (χ2v) is 7.02. The van der Waals surface area contributed by atoms with Crippen LogP contribution in [0.15, 0.2) is 16.6 Å². The van der Waals surface area contributed by atoms with Crippen LogP contribution in [0, 0.1) is 5.92 Å². The van der Waals surface area contributed by atoms with Crippen molar-refractivity contribution < 1.29 is 9.47 Å². The van der Waals surface area contributed by atoms with Crippen LogP contribution in [-0.2, 0) is 6.54 Å². The van der Waals surface area contributed by atoms with Crippen LogP contribution in [-0.4, -0.2) is 19.3 Å². The lowest BCUT2D eigenvalue weighted by Gasteiger charge is -2.21. The van der Waals surface area contributed by atoms with Gasteiger partial charge in [0.05, 0.1) is 17.7 Å². The van der Waals surface area contributed by atoms with Gasteiger partial charge in [-0.15, -0.1) is 0 Å². The monoisotopic (exact) mass is 353 g/mol. The molecule has 4 heteroatoms. The molecule has 21 heavy (non-hydrogen) atoms. The molecule has 1 heterocycles. The minimum atomic E-state index is 0.585. The van der Waals surface area contributed by atoms with E-state index in [0.717, 1.165) is 48.1 Å². The lowest BCUT2D eigenvalue weighted by atomic mass is 9.99. The van der Waals surface area contributed by atoms with Crippen LogP contribution in [0.25, 0.3) is 0 Å². The third kappa shape index (κ3) is 3.72. The second kappa shape index (κ2) is 7.01. The van der Waals surface area contributed by atoms with E-state index < -0.39 is 0 Å². The molecule has 1 aliphatic heterocycles. The fraction of sp³-hybridized carbons (Fsp3) is 0.647. The summed E-state index contributed by atoms with van der Waals surface area (Å²) >= 11 is 3.61. The molecule has 0 amide bonds. The van der Waals surface area contributed by atoms with Gasteiger partial charge in [0.2, 0.25) is 0 Å². The third-order valence-corrected chi connectivity index (χ3v) is 5.19. The zero-order chi connectivity index (χ0) is 14.7. The molecule has 0 unspecified atom stereocenters. The number of hydrogen-bond acceptors (Lipinski definition) is 3. The standard InChI is InChI=1S/C17H24BrNO2/c1-12(14-5-2-3-6-14)19-11-13-9-15(18)17-16(10-13)20-7-4-8-21-17/h9-10,12,14,19H,2-8,11H2,1H3/t12-/m0/s1. The number of benzene rings is 1. The first kappa shape index (κ1) is 15.2. The summed E-state index contributed by atoms with van der Waals surface area (Å²) in [5, 5.41) is 3.67. The van der Waals surface area contributed by atoms with Gasteiger partial charge in [0.1, 0.15) is 0 Å². The van der Waals surface area contributed by atoms with E-state index in [1.165, 1.54) is 31.2 Å². The van der Waals surface area contributed by atoms with Crippen molar-refractivity contribution in [2.75, 3.05) is 13.2 Å². The van der Waals surface area contributed by atoms with Crippen LogP contribution < -0.4 is 14.8 Å². The van der Waals surface area contributed by atoms with Gasteiger partial charge in [-0.05, 0) is 59.3 Å². The molecule has 1 fully saturated rings. The van der Waals surface area contributed by atoms with E-state index in [0.29, 0.717) is 6.04 Å². The summed E-state index contributed by atoms with van der Waals surface area (Å²) in [6.07, 6.45) is 6.48. The van der Waals surface area contributed by atoms with Crippen molar-refractivity contribution in [1.82, 2.24) is 5.32 Å². The molecule has 3 nitrogen and oxygen atoms in total. The van der Waals surface area contributed by atoms with Crippen molar-refractivity contribution in [2.24, 2.45) is 5.92 Å². The molecule has 2 aliphatic rings. The minimum Gasteiger partial charge on any atom is -0.490 e. The molecule has 3 rings (SSSR count). The maximum atomic E-state index is 5.79. The summed E-state index contributed by atoms with van der Waals surface area (Å²) in [5.74, 6) is 2.56. The molecule has 0 bridgehead atoms. The largest absolute Gasteiger partial charge is 0.490 e. The summed E-state index contributed by atoms with van der Waals surface area (Å²) in [4.78, 5) is 0. The van der Waals surface area contributed by atoms with Crippen LogP contribution >= 0.6 is 15.9 Å². The van der Waals surface area contributed by atoms with E-state index in [-0.39, 0.29) is 0 Å². The van der Waals surface area contributed by atoms with Gasteiger partial charge in [-0.2, -0.15) is 0 Å². The smallest absolute Gasteiger partial charge is 0.175 e. The van der Waals surface area contributed by atoms with Gasteiger partial charge in [-0.25, -0.2) is 0 Å². The van der Waals surface area contributed by atoms with Gasteiger partial charge in [0.25, 0.3) is 0 Å². The number of nitrogens with one attached hydrogen (secondary N) is 1. The molecule has 1 saturated carbocycles. The molecule has 1 atom stereocenters. The molecule has 116 valence electrons.